The summed E-state index contributed by atoms with van der Waals surface area (Å²) in [6, 6.07) is 0. The fourth-order valence-electron chi connectivity index (χ4n) is 0.909. The number of hydrogen-bond donors (Lipinski definition) is 2. The van der Waals surface area contributed by atoms with E-state index in [0.29, 0.717) is 0 Å². The van der Waals surface area contributed by atoms with E-state index in [1.165, 1.54) is 0 Å². The molecule has 0 bridgehead atoms. The molecule has 1 aromatic heterocycles. The first-order valence-electron chi connectivity index (χ1n) is 4.20. The van der Waals surface area contributed by atoms with E-state index in [1.54, 1.807) is 18.8 Å². The molecule has 0 aliphatic rings. The molecule has 0 fully saturated rings. The molecule has 0 saturated carbocycles. The van der Waals surface area contributed by atoms with Gasteiger partial charge in [0.05, 0.1) is 6.33 Å². The number of H-pyrrole nitrogens is 1. The zero-order valence-corrected chi connectivity index (χ0v) is 8.73. The predicted octanol–water partition coefficient (Wildman–Crippen LogP) is 0.266. The van der Waals surface area contributed by atoms with Crippen molar-refractivity contribution < 1.29 is 4.21 Å². The summed E-state index contributed by atoms with van der Waals surface area (Å²) in [6.07, 6.45) is 5.15. The molecule has 0 spiro atoms. The fraction of sp³-hybridized carbons (Fsp3) is 0.625. The Kier molecular flexibility index (Phi) is 4.11. The van der Waals surface area contributed by atoms with Crippen LogP contribution in [-0.4, -0.2) is 32.2 Å². The molecule has 2 unspecified atom stereocenters. The van der Waals surface area contributed by atoms with Crippen molar-refractivity contribution in [3.63, 3.8) is 0 Å². The molecule has 0 aromatic carbocycles. The van der Waals surface area contributed by atoms with Crippen molar-refractivity contribution in [3.8, 4) is 0 Å². The summed E-state index contributed by atoms with van der Waals surface area (Å²) in [6.45, 7) is 3.49. The number of imidazole rings is 1. The molecular formula is C8H15N3OS. The Morgan fingerprint density at radius 2 is 2.54 bits per heavy atom. The van der Waals surface area contributed by atoms with E-state index in [4.69, 9.17) is 0 Å². The molecule has 5 heteroatoms. The van der Waals surface area contributed by atoms with E-state index in [0.717, 1.165) is 18.8 Å². The molecule has 1 rings (SSSR count). The van der Waals surface area contributed by atoms with E-state index in [-0.39, 0.29) is 5.25 Å². The number of rotatable bonds is 5. The number of nitrogens with zero attached hydrogens (tertiary/aromatic N) is 1. The van der Waals surface area contributed by atoms with Crippen molar-refractivity contribution in [3.05, 3.63) is 18.2 Å². The van der Waals surface area contributed by atoms with E-state index >= 15 is 0 Å². The minimum absolute atomic E-state index is 0.197. The third kappa shape index (κ3) is 3.69. The summed E-state index contributed by atoms with van der Waals surface area (Å²) in [4.78, 5) is 6.89. The molecule has 0 saturated heterocycles. The lowest BCUT2D eigenvalue weighted by atomic mass is 10.4. The topological polar surface area (TPSA) is 57.8 Å². The van der Waals surface area contributed by atoms with Crippen LogP contribution in [-0.2, 0) is 17.3 Å². The third-order valence-corrected chi connectivity index (χ3v) is 3.17. The average Bonchev–Trinajstić information content (AvgIpc) is 2.56. The van der Waals surface area contributed by atoms with Gasteiger partial charge in [-0.05, 0) is 6.92 Å². The van der Waals surface area contributed by atoms with Gasteiger partial charge >= 0.3 is 0 Å². The Labute approximate surface area is 80.6 Å². The van der Waals surface area contributed by atoms with Crippen molar-refractivity contribution >= 4 is 10.8 Å². The normalized spacial score (nSPS) is 15.5. The maximum Gasteiger partial charge on any atom is 0.0922 e. The molecule has 4 nitrogen and oxygen atoms in total. The lowest BCUT2D eigenvalue weighted by Gasteiger charge is -2.08. The van der Waals surface area contributed by atoms with Crippen molar-refractivity contribution in [2.45, 2.75) is 18.7 Å². The van der Waals surface area contributed by atoms with Gasteiger partial charge in [-0.1, -0.05) is 0 Å². The fourth-order valence-corrected chi connectivity index (χ4v) is 1.26. The van der Waals surface area contributed by atoms with Gasteiger partial charge in [0.25, 0.3) is 0 Å². The average molecular weight is 201 g/mol. The number of nitrogens with one attached hydrogen (secondary N) is 2. The van der Waals surface area contributed by atoms with Crippen LogP contribution in [0.25, 0.3) is 0 Å². The van der Waals surface area contributed by atoms with Crippen molar-refractivity contribution in [2.75, 3.05) is 12.8 Å². The molecule has 2 atom stereocenters. The van der Waals surface area contributed by atoms with Crippen LogP contribution in [0.3, 0.4) is 0 Å². The van der Waals surface area contributed by atoms with Crippen LogP contribution >= 0.6 is 0 Å². The lowest BCUT2D eigenvalue weighted by Crippen LogP contribution is -2.27. The highest BCUT2D eigenvalue weighted by molar-refractivity contribution is 7.84. The van der Waals surface area contributed by atoms with Gasteiger partial charge in [0, 0.05) is 47.3 Å². The van der Waals surface area contributed by atoms with Crippen LogP contribution in [0.5, 0.6) is 0 Å². The summed E-state index contributed by atoms with van der Waals surface area (Å²) in [5, 5.41) is 3.40. The molecule has 1 aromatic rings. The Morgan fingerprint density at radius 1 is 1.77 bits per heavy atom. The largest absolute Gasteiger partial charge is 0.347 e. The molecule has 0 radical (unpaired) electrons. The molecule has 1 heterocycles. The first-order chi connectivity index (χ1) is 6.20. The van der Waals surface area contributed by atoms with Crippen LogP contribution in [0.15, 0.2) is 12.5 Å². The van der Waals surface area contributed by atoms with Gasteiger partial charge in [0.2, 0.25) is 0 Å². The molecule has 13 heavy (non-hydrogen) atoms. The molecular weight excluding hydrogens is 186 g/mol. The van der Waals surface area contributed by atoms with E-state index in [9.17, 15) is 4.21 Å². The zero-order valence-electron chi connectivity index (χ0n) is 7.91. The zero-order chi connectivity index (χ0) is 9.68. The van der Waals surface area contributed by atoms with Gasteiger partial charge in [0.1, 0.15) is 0 Å². The summed E-state index contributed by atoms with van der Waals surface area (Å²) in [5.74, 6) is 0. The van der Waals surface area contributed by atoms with Crippen LogP contribution in [0.2, 0.25) is 0 Å². The Morgan fingerprint density at radius 3 is 3.08 bits per heavy atom. The van der Waals surface area contributed by atoms with E-state index < -0.39 is 10.8 Å². The van der Waals surface area contributed by atoms with E-state index in [1.807, 2.05) is 6.92 Å². The van der Waals surface area contributed by atoms with Gasteiger partial charge in [-0.2, -0.15) is 0 Å². The minimum Gasteiger partial charge on any atom is -0.347 e. The highest BCUT2D eigenvalue weighted by Gasteiger charge is 2.04. The predicted molar refractivity (Wildman–Crippen MR) is 53.8 cm³/mol. The number of hydrogen-bond acceptors (Lipinski definition) is 3. The van der Waals surface area contributed by atoms with Gasteiger partial charge in [-0.3, -0.25) is 4.21 Å². The summed E-state index contributed by atoms with van der Waals surface area (Å²) < 4.78 is 11.0. The second-order valence-corrected chi connectivity index (χ2v) is 4.82. The monoisotopic (exact) mass is 201 g/mol. The van der Waals surface area contributed by atoms with Crippen LogP contribution in [0.1, 0.15) is 12.6 Å². The smallest absolute Gasteiger partial charge is 0.0922 e. The second kappa shape index (κ2) is 5.14. The van der Waals surface area contributed by atoms with Crippen molar-refractivity contribution in [1.29, 1.82) is 0 Å². The van der Waals surface area contributed by atoms with Gasteiger partial charge in [-0.25, -0.2) is 4.98 Å². The van der Waals surface area contributed by atoms with Crippen LogP contribution in [0, 0.1) is 0 Å². The van der Waals surface area contributed by atoms with E-state index in [2.05, 4.69) is 15.3 Å². The summed E-state index contributed by atoms with van der Waals surface area (Å²) in [5.41, 5.74) is 1.05. The molecule has 0 amide bonds. The molecule has 0 aliphatic carbocycles. The van der Waals surface area contributed by atoms with Crippen LogP contribution < -0.4 is 5.32 Å². The Bertz CT molecular complexity index is 260. The molecule has 2 N–H and O–H groups in total. The lowest BCUT2D eigenvalue weighted by molar-refractivity contribution is 0.643. The highest BCUT2D eigenvalue weighted by Crippen LogP contribution is 1.92. The second-order valence-electron chi connectivity index (χ2n) is 3.02. The Balaban J connectivity index is 2.18. The Hall–Kier alpha value is -0.680. The molecule has 74 valence electrons. The maximum atomic E-state index is 11.0. The minimum atomic E-state index is -0.747. The first-order valence-corrected chi connectivity index (χ1v) is 5.82. The standard InChI is InChI=1S/C8H15N3OS/c1-7(13(2)12)3-9-4-8-5-10-6-11-8/h5-7,9H,3-4H2,1-2H3,(H,10,11). The summed E-state index contributed by atoms with van der Waals surface area (Å²) >= 11 is 0. The quantitative estimate of drug-likeness (QED) is 0.719. The van der Waals surface area contributed by atoms with Crippen molar-refractivity contribution in [1.82, 2.24) is 15.3 Å². The summed E-state index contributed by atoms with van der Waals surface area (Å²) in [7, 11) is -0.747. The van der Waals surface area contributed by atoms with Crippen molar-refractivity contribution in [2.24, 2.45) is 0 Å². The van der Waals surface area contributed by atoms with Crippen LogP contribution in [0.4, 0.5) is 0 Å². The van der Waals surface area contributed by atoms with Gasteiger partial charge < -0.3 is 10.3 Å². The number of aromatic nitrogens is 2. The van der Waals surface area contributed by atoms with Gasteiger partial charge in [0.15, 0.2) is 0 Å². The number of aromatic amines is 1. The first kappa shape index (κ1) is 10.4. The SMILES string of the molecule is CC(CNCc1cnc[nH]1)S(C)=O. The molecule has 0 aliphatic heterocycles. The third-order valence-electron chi connectivity index (χ3n) is 1.87. The maximum absolute atomic E-state index is 11.0. The van der Waals surface area contributed by atoms with Gasteiger partial charge in [-0.15, -0.1) is 0 Å². The highest BCUT2D eigenvalue weighted by atomic mass is 32.2.